The maximum atomic E-state index is 14.1. The Kier molecular flexibility index (Phi) is 4.38. The number of anilines is 2. The second kappa shape index (κ2) is 6.47. The minimum absolute atomic E-state index is 0.0424. The maximum absolute atomic E-state index is 14.1. The quantitative estimate of drug-likeness (QED) is 0.834. The van der Waals surface area contributed by atoms with Crippen LogP contribution in [0.4, 0.5) is 15.9 Å². The van der Waals surface area contributed by atoms with Crippen molar-refractivity contribution in [2.75, 3.05) is 11.9 Å². The number of rotatable bonds is 4. The zero-order chi connectivity index (χ0) is 17.3. The number of hydrogen-bond donors (Lipinski definition) is 2. The van der Waals surface area contributed by atoms with Gasteiger partial charge in [-0.1, -0.05) is 6.07 Å². The molecule has 126 valence electrons. The van der Waals surface area contributed by atoms with Gasteiger partial charge in [0.1, 0.15) is 17.2 Å². The Morgan fingerprint density at radius 2 is 2.17 bits per heavy atom. The number of Topliss-reactive ketones (excluding diaryl/α,β-unsaturated/α-hetero) is 1. The van der Waals surface area contributed by atoms with Gasteiger partial charge in [-0.15, -0.1) is 0 Å². The fraction of sp³-hybridized carbons (Fsp3) is 0.333. The van der Waals surface area contributed by atoms with Crippen molar-refractivity contribution < 1.29 is 18.7 Å². The highest BCUT2D eigenvalue weighted by molar-refractivity contribution is 6.05. The molecule has 0 bridgehead atoms. The summed E-state index contributed by atoms with van der Waals surface area (Å²) in [6.45, 7) is 3.74. The Morgan fingerprint density at radius 3 is 2.88 bits per heavy atom. The second-order valence-electron chi connectivity index (χ2n) is 5.83. The van der Waals surface area contributed by atoms with Crippen molar-refractivity contribution in [3.05, 3.63) is 46.4 Å². The summed E-state index contributed by atoms with van der Waals surface area (Å²) in [5, 5.41) is 2.90. The highest BCUT2D eigenvalue weighted by Crippen LogP contribution is 2.33. The van der Waals surface area contributed by atoms with Crippen molar-refractivity contribution in [1.82, 2.24) is 4.98 Å². The minimum Gasteiger partial charge on any atom is -0.462 e. The Balaban J connectivity index is 2.06. The van der Waals surface area contributed by atoms with Crippen LogP contribution in [0.15, 0.2) is 18.2 Å². The summed E-state index contributed by atoms with van der Waals surface area (Å²) < 4.78 is 19.2. The third-order valence-electron chi connectivity index (χ3n) is 4.08. The van der Waals surface area contributed by atoms with Gasteiger partial charge in [-0.2, -0.15) is 0 Å². The van der Waals surface area contributed by atoms with Crippen molar-refractivity contribution >= 4 is 23.3 Å². The Bertz CT molecular complexity index is 811. The van der Waals surface area contributed by atoms with Gasteiger partial charge in [0.25, 0.3) is 0 Å². The van der Waals surface area contributed by atoms with E-state index in [1.54, 1.807) is 26.0 Å². The summed E-state index contributed by atoms with van der Waals surface area (Å²) in [5.41, 5.74) is 2.39. The van der Waals surface area contributed by atoms with Gasteiger partial charge >= 0.3 is 5.97 Å². The van der Waals surface area contributed by atoms with Crippen LogP contribution in [0.3, 0.4) is 0 Å². The maximum Gasteiger partial charge on any atom is 0.342 e. The van der Waals surface area contributed by atoms with Crippen LogP contribution in [0.2, 0.25) is 0 Å². The van der Waals surface area contributed by atoms with E-state index in [-0.39, 0.29) is 18.1 Å². The number of hydrogen-bond acceptors (Lipinski definition) is 4. The molecule has 1 aliphatic carbocycles. The molecule has 0 aliphatic heterocycles. The van der Waals surface area contributed by atoms with E-state index in [1.165, 1.54) is 6.07 Å². The van der Waals surface area contributed by atoms with Crippen LogP contribution in [-0.4, -0.2) is 23.3 Å². The van der Waals surface area contributed by atoms with Gasteiger partial charge in [-0.05, 0) is 49.9 Å². The molecular weight excluding hydrogens is 311 g/mol. The van der Waals surface area contributed by atoms with Crippen molar-refractivity contribution in [1.29, 1.82) is 0 Å². The molecule has 1 heterocycles. The Hall–Kier alpha value is -2.63. The Morgan fingerprint density at radius 1 is 1.38 bits per heavy atom. The van der Waals surface area contributed by atoms with Gasteiger partial charge in [0.2, 0.25) is 0 Å². The lowest BCUT2D eigenvalue weighted by Crippen LogP contribution is -2.13. The third-order valence-corrected chi connectivity index (χ3v) is 4.08. The zero-order valence-electron chi connectivity index (χ0n) is 13.7. The molecule has 0 radical (unpaired) electrons. The largest absolute Gasteiger partial charge is 0.462 e. The molecule has 0 saturated carbocycles. The average molecular weight is 330 g/mol. The molecule has 2 aromatic rings. The lowest BCUT2D eigenvalue weighted by molar-refractivity contribution is 0.0526. The molecule has 0 saturated heterocycles. The number of H-pyrrole nitrogens is 1. The topological polar surface area (TPSA) is 71.2 Å². The number of halogens is 1. The molecule has 1 aromatic carbocycles. The van der Waals surface area contributed by atoms with Crippen molar-refractivity contribution in [2.24, 2.45) is 0 Å². The first kappa shape index (κ1) is 16.2. The predicted octanol–water partition coefficient (Wildman–Crippen LogP) is 3.90. The number of nitrogens with one attached hydrogen (secondary N) is 2. The molecule has 24 heavy (non-hydrogen) atoms. The summed E-state index contributed by atoms with van der Waals surface area (Å²) in [6, 6.07) is 4.77. The van der Waals surface area contributed by atoms with E-state index < -0.39 is 11.8 Å². The van der Waals surface area contributed by atoms with Gasteiger partial charge < -0.3 is 15.0 Å². The fourth-order valence-corrected chi connectivity index (χ4v) is 2.96. The van der Waals surface area contributed by atoms with E-state index >= 15 is 0 Å². The van der Waals surface area contributed by atoms with E-state index in [1.807, 2.05) is 0 Å². The highest BCUT2D eigenvalue weighted by Gasteiger charge is 2.30. The van der Waals surface area contributed by atoms with Crippen LogP contribution in [0, 0.1) is 12.7 Å². The van der Waals surface area contributed by atoms with E-state index in [0.717, 1.165) is 5.56 Å². The Labute approximate surface area is 139 Å². The first-order chi connectivity index (χ1) is 11.5. The van der Waals surface area contributed by atoms with Gasteiger partial charge in [-0.25, -0.2) is 9.18 Å². The average Bonchev–Trinajstić information content (AvgIpc) is 2.90. The van der Waals surface area contributed by atoms with Crippen LogP contribution < -0.4 is 5.32 Å². The number of aromatic nitrogens is 1. The molecular formula is C18H19FN2O3. The zero-order valence-corrected chi connectivity index (χ0v) is 13.7. The first-order valence-electron chi connectivity index (χ1n) is 7.99. The van der Waals surface area contributed by atoms with E-state index in [2.05, 4.69) is 10.3 Å². The second-order valence-corrected chi connectivity index (χ2v) is 5.83. The van der Waals surface area contributed by atoms with Crippen molar-refractivity contribution in [2.45, 2.75) is 33.1 Å². The van der Waals surface area contributed by atoms with Gasteiger partial charge in [0.15, 0.2) is 5.78 Å². The summed E-state index contributed by atoms with van der Waals surface area (Å²) >= 11 is 0. The smallest absolute Gasteiger partial charge is 0.342 e. The number of carbonyl (C=O) groups is 2. The summed E-state index contributed by atoms with van der Waals surface area (Å²) in [7, 11) is 0. The van der Waals surface area contributed by atoms with Crippen LogP contribution in [0.1, 0.15) is 51.7 Å². The number of carbonyl (C=O) groups excluding carboxylic acids is 2. The molecule has 0 fully saturated rings. The van der Waals surface area contributed by atoms with Gasteiger partial charge in [0.05, 0.1) is 18.0 Å². The summed E-state index contributed by atoms with van der Waals surface area (Å²) in [6.07, 6.45) is 1.74. The van der Waals surface area contributed by atoms with Crippen molar-refractivity contribution in [3.8, 4) is 0 Å². The van der Waals surface area contributed by atoms with Crippen LogP contribution in [0.5, 0.6) is 0 Å². The lowest BCUT2D eigenvalue weighted by atomic mass is 9.94. The number of esters is 1. The fourth-order valence-electron chi connectivity index (χ4n) is 2.96. The van der Waals surface area contributed by atoms with Crippen LogP contribution in [0.25, 0.3) is 0 Å². The van der Waals surface area contributed by atoms with Crippen LogP contribution in [-0.2, 0) is 11.2 Å². The molecule has 6 heteroatoms. The number of aryl methyl sites for hydroxylation is 1. The van der Waals surface area contributed by atoms with E-state index in [9.17, 15) is 14.0 Å². The SMILES string of the molecule is CCOC(=O)c1c(Nc2ccc(C)cc2F)[nH]c2c1CCCC2=O. The summed E-state index contributed by atoms with van der Waals surface area (Å²) in [4.78, 5) is 27.4. The molecule has 0 unspecified atom stereocenters. The first-order valence-corrected chi connectivity index (χ1v) is 7.99. The number of ether oxygens (including phenoxy) is 1. The number of benzene rings is 1. The number of aromatic amines is 1. The van der Waals surface area contributed by atoms with Crippen LogP contribution >= 0.6 is 0 Å². The molecule has 5 nitrogen and oxygen atoms in total. The highest BCUT2D eigenvalue weighted by atomic mass is 19.1. The van der Waals surface area contributed by atoms with Gasteiger partial charge in [-0.3, -0.25) is 4.79 Å². The van der Waals surface area contributed by atoms with Crippen molar-refractivity contribution in [3.63, 3.8) is 0 Å². The minimum atomic E-state index is -0.514. The monoisotopic (exact) mass is 330 g/mol. The third kappa shape index (κ3) is 2.91. The van der Waals surface area contributed by atoms with E-state index in [4.69, 9.17) is 4.74 Å². The molecule has 1 aliphatic rings. The molecule has 0 spiro atoms. The standard InChI is InChI=1S/C18H19FN2O3/c1-3-24-18(23)15-11-5-4-6-14(22)16(11)21-17(15)20-13-8-7-10(2)9-12(13)19/h7-9,20-21H,3-6H2,1-2H3. The molecule has 0 atom stereocenters. The normalized spacial score (nSPS) is 13.5. The lowest BCUT2D eigenvalue weighted by Gasteiger charge is -2.11. The summed E-state index contributed by atoms with van der Waals surface area (Å²) in [5.74, 6) is -0.681. The molecule has 3 rings (SSSR count). The van der Waals surface area contributed by atoms with E-state index in [0.29, 0.717) is 41.9 Å². The molecule has 1 aromatic heterocycles. The predicted molar refractivity (Wildman–Crippen MR) is 88.4 cm³/mol. The van der Waals surface area contributed by atoms with Gasteiger partial charge in [0, 0.05) is 6.42 Å². The number of ketones is 1. The number of fused-ring (bicyclic) bond motifs is 1. The molecule has 2 N–H and O–H groups in total. The molecule has 0 amide bonds.